The SMILES string of the molecule is CCN1CCN(c2nc(C(C)C)c(C=O)s2)CC1. The van der Waals surface area contributed by atoms with Gasteiger partial charge in [0.05, 0.1) is 10.6 Å². The van der Waals surface area contributed by atoms with Gasteiger partial charge in [-0.2, -0.15) is 0 Å². The van der Waals surface area contributed by atoms with Crippen LogP contribution in [-0.2, 0) is 0 Å². The van der Waals surface area contributed by atoms with Crippen LogP contribution in [0, 0.1) is 0 Å². The lowest BCUT2D eigenvalue weighted by atomic mass is 10.1. The fraction of sp³-hybridized carbons (Fsp3) is 0.692. The van der Waals surface area contributed by atoms with E-state index in [9.17, 15) is 4.79 Å². The van der Waals surface area contributed by atoms with Gasteiger partial charge in [0, 0.05) is 26.2 Å². The second-order valence-corrected chi connectivity index (χ2v) is 5.95. The second-order valence-electron chi connectivity index (χ2n) is 4.94. The number of hydrogen-bond donors (Lipinski definition) is 0. The molecule has 2 heterocycles. The van der Waals surface area contributed by atoms with Gasteiger partial charge >= 0.3 is 0 Å². The molecule has 0 amide bonds. The predicted octanol–water partition coefficient (Wildman–Crippen LogP) is 2.22. The minimum Gasteiger partial charge on any atom is -0.346 e. The summed E-state index contributed by atoms with van der Waals surface area (Å²) in [6.07, 6.45) is 0.943. The Hall–Kier alpha value is -0.940. The molecule has 0 bridgehead atoms. The summed E-state index contributed by atoms with van der Waals surface area (Å²) in [5.74, 6) is 0.312. The molecule has 0 spiro atoms. The molecule has 1 fully saturated rings. The average molecular weight is 267 g/mol. The van der Waals surface area contributed by atoms with Gasteiger partial charge in [-0.15, -0.1) is 0 Å². The van der Waals surface area contributed by atoms with E-state index < -0.39 is 0 Å². The van der Waals surface area contributed by atoms with E-state index in [-0.39, 0.29) is 0 Å². The normalized spacial score (nSPS) is 17.4. The van der Waals surface area contributed by atoms with Gasteiger partial charge in [0.1, 0.15) is 0 Å². The van der Waals surface area contributed by atoms with Crippen LogP contribution < -0.4 is 4.90 Å². The zero-order chi connectivity index (χ0) is 13.1. The maximum atomic E-state index is 11.1. The zero-order valence-electron chi connectivity index (χ0n) is 11.3. The molecule has 2 rings (SSSR count). The van der Waals surface area contributed by atoms with Gasteiger partial charge < -0.3 is 9.80 Å². The molecule has 18 heavy (non-hydrogen) atoms. The van der Waals surface area contributed by atoms with Crippen molar-refractivity contribution in [3.63, 3.8) is 0 Å². The summed E-state index contributed by atoms with van der Waals surface area (Å²) < 4.78 is 0. The summed E-state index contributed by atoms with van der Waals surface area (Å²) in [4.78, 5) is 21.2. The van der Waals surface area contributed by atoms with Crippen LogP contribution in [-0.4, -0.2) is 48.9 Å². The third-order valence-corrected chi connectivity index (χ3v) is 4.47. The van der Waals surface area contributed by atoms with E-state index in [0.29, 0.717) is 5.92 Å². The Bertz CT molecular complexity index is 408. The van der Waals surface area contributed by atoms with Crippen LogP contribution in [0.2, 0.25) is 0 Å². The molecule has 4 nitrogen and oxygen atoms in total. The van der Waals surface area contributed by atoms with Crippen LogP contribution in [0.5, 0.6) is 0 Å². The number of carbonyl (C=O) groups excluding carboxylic acids is 1. The van der Waals surface area contributed by atoms with E-state index in [1.807, 2.05) is 0 Å². The van der Waals surface area contributed by atoms with Gasteiger partial charge in [-0.1, -0.05) is 32.1 Å². The van der Waals surface area contributed by atoms with Crippen LogP contribution in [0.4, 0.5) is 5.13 Å². The monoisotopic (exact) mass is 267 g/mol. The molecule has 0 saturated carbocycles. The third kappa shape index (κ3) is 2.72. The number of aromatic nitrogens is 1. The van der Waals surface area contributed by atoms with Gasteiger partial charge in [-0.3, -0.25) is 4.79 Å². The molecule has 100 valence electrons. The number of aldehydes is 1. The van der Waals surface area contributed by atoms with E-state index >= 15 is 0 Å². The number of piperazine rings is 1. The van der Waals surface area contributed by atoms with Crippen molar-refractivity contribution in [2.75, 3.05) is 37.6 Å². The number of nitrogens with zero attached hydrogens (tertiary/aromatic N) is 3. The van der Waals surface area contributed by atoms with Crippen molar-refractivity contribution in [3.05, 3.63) is 10.6 Å². The van der Waals surface area contributed by atoms with E-state index in [1.54, 1.807) is 0 Å². The maximum Gasteiger partial charge on any atom is 0.186 e. The minimum atomic E-state index is 0.312. The molecule has 1 saturated heterocycles. The highest BCUT2D eigenvalue weighted by Crippen LogP contribution is 2.30. The number of rotatable bonds is 4. The molecule has 1 aliphatic heterocycles. The Kier molecular flexibility index (Phi) is 4.35. The molecule has 1 aromatic heterocycles. The molecule has 1 aromatic rings. The average Bonchev–Trinajstić information content (AvgIpc) is 2.83. The molecule has 1 aliphatic rings. The standard InChI is InChI=1S/C13H21N3OS/c1-4-15-5-7-16(8-6-15)13-14-12(10(2)3)11(9-17)18-13/h9-10H,4-8H2,1-3H3. The quantitative estimate of drug-likeness (QED) is 0.784. The number of thiazole rings is 1. The first-order valence-corrected chi connectivity index (χ1v) is 7.40. The topological polar surface area (TPSA) is 36.4 Å². The van der Waals surface area contributed by atoms with Crippen molar-refractivity contribution in [3.8, 4) is 0 Å². The molecular weight excluding hydrogens is 246 g/mol. The summed E-state index contributed by atoms with van der Waals surface area (Å²) in [7, 11) is 0. The molecule has 0 radical (unpaired) electrons. The van der Waals surface area contributed by atoms with Gasteiger partial charge in [0.15, 0.2) is 11.4 Å². The number of carbonyl (C=O) groups is 1. The van der Waals surface area contributed by atoms with E-state index in [0.717, 1.165) is 54.7 Å². The van der Waals surface area contributed by atoms with Crippen molar-refractivity contribution < 1.29 is 4.79 Å². The summed E-state index contributed by atoms with van der Waals surface area (Å²) in [5, 5.41) is 1.01. The van der Waals surface area contributed by atoms with Crippen LogP contribution >= 0.6 is 11.3 Å². The molecule has 0 aromatic carbocycles. The van der Waals surface area contributed by atoms with Crippen LogP contribution in [0.25, 0.3) is 0 Å². The van der Waals surface area contributed by atoms with Gasteiger partial charge in [0.2, 0.25) is 0 Å². The predicted molar refractivity (Wildman–Crippen MR) is 75.9 cm³/mol. The van der Waals surface area contributed by atoms with Crippen molar-refractivity contribution in [1.29, 1.82) is 0 Å². The summed E-state index contributed by atoms with van der Waals surface area (Å²) in [5.41, 5.74) is 0.947. The van der Waals surface area contributed by atoms with Crippen LogP contribution in [0.3, 0.4) is 0 Å². The van der Waals surface area contributed by atoms with Gasteiger partial charge in [-0.25, -0.2) is 4.98 Å². The first-order chi connectivity index (χ1) is 8.65. The number of anilines is 1. The van der Waals surface area contributed by atoms with Crippen LogP contribution in [0.15, 0.2) is 0 Å². The molecular formula is C13H21N3OS. The van der Waals surface area contributed by atoms with Crippen molar-refractivity contribution >= 4 is 22.8 Å². The molecule has 0 aliphatic carbocycles. The summed E-state index contributed by atoms with van der Waals surface area (Å²) in [6.45, 7) is 11.7. The minimum absolute atomic E-state index is 0.312. The molecule has 5 heteroatoms. The van der Waals surface area contributed by atoms with Crippen LogP contribution in [0.1, 0.15) is 42.1 Å². The van der Waals surface area contributed by atoms with Crippen molar-refractivity contribution in [2.24, 2.45) is 0 Å². The lowest BCUT2D eigenvalue weighted by Crippen LogP contribution is -2.46. The van der Waals surface area contributed by atoms with Gasteiger partial charge in [-0.05, 0) is 12.5 Å². The third-order valence-electron chi connectivity index (χ3n) is 3.41. The first-order valence-electron chi connectivity index (χ1n) is 6.59. The fourth-order valence-corrected chi connectivity index (χ4v) is 3.31. The first kappa shape index (κ1) is 13.5. The van der Waals surface area contributed by atoms with Crippen molar-refractivity contribution in [2.45, 2.75) is 26.7 Å². The summed E-state index contributed by atoms with van der Waals surface area (Å²) >= 11 is 1.53. The highest BCUT2D eigenvalue weighted by molar-refractivity contribution is 7.17. The Labute approximate surface area is 113 Å². The zero-order valence-corrected chi connectivity index (χ0v) is 12.2. The lowest BCUT2D eigenvalue weighted by molar-refractivity contribution is 0.112. The number of likely N-dealkylation sites (N-methyl/N-ethyl adjacent to an activating group) is 1. The maximum absolute atomic E-state index is 11.1. The fourth-order valence-electron chi connectivity index (χ4n) is 2.22. The van der Waals surface area contributed by atoms with E-state index in [1.165, 1.54) is 11.3 Å². The number of hydrogen-bond acceptors (Lipinski definition) is 5. The van der Waals surface area contributed by atoms with Gasteiger partial charge in [0.25, 0.3) is 0 Å². The van der Waals surface area contributed by atoms with Crippen molar-refractivity contribution in [1.82, 2.24) is 9.88 Å². The highest BCUT2D eigenvalue weighted by Gasteiger charge is 2.21. The molecule has 0 unspecified atom stereocenters. The van der Waals surface area contributed by atoms with E-state index in [2.05, 4.69) is 35.6 Å². The Morgan fingerprint density at radius 3 is 2.44 bits per heavy atom. The highest BCUT2D eigenvalue weighted by atomic mass is 32.1. The second kappa shape index (κ2) is 5.80. The Morgan fingerprint density at radius 2 is 2.00 bits per heavy atom. The lowest BCUT2D eigenvalue weighted by Gasteiger charge is -2.33. The Morgan fingerprint density at radius 1 is 1.33 bits per heavy atom. The largest absolute Gasteiger partial charge is 0.346 e. The molecule has 0 atom stereocenters. The Balaban J connectivity index is 2.12. The smallest absolute Gasteiger partial charge is 0.186 e. The molecule has 0 N–H and O–H groups in total. The van der Waals surface area contributed by atoms with E-state index in [4.69, 9.17) is 0 Å². The summed E-state index contributed by atoms with van der Waals surface area (Å²) in [6, 6.07) is 0.